The van der Waals surface area contributed by atoms with Gasteiger partial charge in [-0.25, -0.2) is 14.8 Å². The van der Waals surface area contributed by atoms with Crippen LogP contribution in [0.3, 0.4) is 0 Å². The van der Waals surface area contributed by atoms with Crippen molar-refractivity contribution in [3.05, 3.63) is 17.1 Å². The first-order valence-corrected chi connectivity index (χ1v) is 6.78. The highest BCUT2D eigenvalue weighted by molar-refractivity contribution is 8.00. The largest absolute Gasteiger partial charge is 0.480 e. The summed E-state index contributed by atoms with van der Waals surface area (Å²) < 4.78 is 0. The fraction of sp³-hybridized carbons (Fsp3) is 0.500. The summed E-state index contributed by atoms with van der Waals surface area (Å²) in [5.74, 6) is -1.59. The van der Waals surface area contributed by atoms with Crippen molar-refractivity contribution in [2.45, 2.75) is 43.9 Å². The molecule has 0 aromatic carbocycles. The lowest BCUT2D eigenvalue weighted by atomic mass is 10.2. The second-order valence-corrected chi connectivity index (χ2v) is 5.11. The molecule has 0 bridgehead atoms. The first-order chi connectivity index (χ1) is 8.90. The van der Waals surface area contributed by atoms with Crippen LogP contribution in [-0.4, -0.2) is 37.4 Å². The maximum absolute atomic E-state index is 11.2. The normalized spacial score (nSPS) is 12.2. The predicted molar refractivity (Wildman–Crippen MR) is 70.7 cm³/mol. The zero-order valence-corrected chi connectivity index (χ0v) is 11.8. The Balaban J connectivity index is 3.26. The average molecular weight is 284 g/mol. The van der Waals surface area contributed by atoms with Gasteiger partial charge in [0.2, 0.25) is 0 Å². The Kier molecular flexibility index (Phi) is 5.29. The molecule has 0 aliphatic carbocycles. The number of carboxylic acids is 2. The zero-order chi connectivity index (χ0) is 14.6. The minimum Gasteiger partial charge on any atom is -0.480 e. The molecule has 19 heavy (non-hydrogen) atoms. The lowest BCUT2D eigenvalue weighted by molar-refractivity contribution is -0.136. The van der Waals surface area contributed by atoms with E-state index >= 15 is 0 Å². The highest BCUT2D eigenvalue weighted by Crippen LogP contribution is 2.28. The number of aryl methyl sites for hydroxylation is 2. The number of aromatic nitrogens is 2. The average Bonchev–Trinajstić information content (AvgIpc) is 2.34. The van der Waals surface area contributed by atoms with E-state index in [1.54, 1.807) is 13.8 Å². The monoisotopic (exact) mass is 284 g/mol. The number of carbonyl (C=O) groups is 2. The Bertz CT molecular complexity index is 505. The summed E-state index contributed by atoms with van der Waals surface area (Å²) in [5.41, 5.74) is 0.351. The third kappa shape index (κ3) is 3.66. The van der Waals surface area contributed by atoms with Crippen LogP contribution >= 0.6 is 11.8 Å². The van der Waals surface area contributed by atoms with Gasteiger partial charge in [0, 0.05) is 6.42 Å². The van der Waals surface area contributed by atoms with E-state index < -0.39 is 17.2 Å². The summed E-state index contributed by atoms with van der Waals surface area (Å²) in [6.45, 7) is 5.19. The number of nitrogens with zero attached hydrogens (tertiary/aromatic N) is 2. The molecule has 6 nitrogen and oxygen atoms in total. The van der Waals surface area contributed by atoms with Crippen LogP contribution in [0.4, 0.5) is 0 Å². The van der Waals surface area contributed by atoms with Gasteiger partial charge >= 0.3 is 11.9 Å². The van der Waals surface area contributed by atoms with Crippen LogP contribution in [0.1, 0.15) is 42.1 Å². The summed E-state index contributed by atoms with van der Waals surface area (Å²) in [6, 6.07) is 0. The molecule has 1 rings (SSSR count). The first-order valence-electron chi connectivity index (χ1n) is 5.90. The first kappa shape index (κ1) is 15.4. The number of hydrogen-bond donors (Lipinski definition) is 2. The molecule has 1 heterocycles. The van der Waals surface area contributed by atoms with Gasteiger partial charge in [-0.3, -0.25) is 4.79 Å². The third-order valence-corrected chi connectivity index (χ3v) is 3.87. The van der Waals surface area contributed by atoms with Crippen LogP contribution in [0.5, 0.6) is 0 Å². The molecule has 2 N–H and O–H groups in total. The molecule has 0 fully saturated rings. The Morgan fingerprint density at radius 1 is 1.26 bits per heavy atom. The van der Waals surface area contributed by atoms with Gasteiger partial charge in [0.15, 0.2) is 0 Å². The summed E-state index contributed by atoms with van der Waals surface area (Å²) in [7, 11) is 0. The molecule has 0 radical (unpaired) electrons. The SMILES string of the molecule is CCc1nc(C)c(C(=O)O)c(SC(CC)C(=O)O)n1. The van der Waals surface area contributed by atoms with E-state index in [9.17, 15) is 14.7 Å². The topological polar surface area (TPSA) is 100 Å². The van der Waals surface area contributed by atoms with E-state index in [0.717, 1.165) is 11.8 Å². The van der Waals surface area contributed by atoms with E-state index in [2.05, 4.69) is 9.97 Å². The van der Waals surface area contributed by atoms with Crippen molar-refractivity contribution in [2.24, 2.45) is 0 Å². The van der Waals surface area contributed by atoms with Crippen LogP contribution in [-0.2, 0) is 11.2 Å². The van der Waals surface area contributed by atoms with Crippen molar-refractivity contribution < 1.29 is 19.8 Å². The summed E-state index contributed by atoms with van der Waals surface area (Å²) in [6.07, 6.45) is 0.960. The van der Waals surface area contributed by atoms with Gasteiger partial charge in [0.05, 0.1) is 5.69 Å². The van der Waals surface area contributed by atoms with Crippen molar-refractivity contribution in [3.8, 4) is 0 Å². The van der Waals surface area contributed by atoms with Gasteiger partial charge in [-0.2, -0.15) is 0 Å². The summed E-state index contributed by atoms with van der Waals surface area (Å²) in [4.78, 5) is 30.5. The van der Waals surface area contributed by atoms with Crippen LogP contribution in [0, 0.1) is 6.92 Å². The minimum atomic E-state index is -1.14. The Morgan fingerprint density at radius 3 is 2.32 bits per heavy atom. The Hall–Kier alpha value is -1.63. The van der Waals surface area contributed by atoms with Gasteiger partial charge in [-0.1, -0.05) is 25.6 Å². The summed E-state index contributed by atoms with van der Waals surface area (Å²) >= 11 is 0.964. The Labute approximate surface area is 115 Å². The lowest BCUT2D eigenvalue weighted by Crippen LogP contribution is -2.17. The molecule has 0 saturated heterocycles. The maximum Gasteiger partial charge on any atom is 0.340 e. The van der Waals surface area contributed by atoms with Crippen LogP contribution in [0.2, 0.25) is 0 Å². The van der Waals surface area contributed by atoms with Crippen molar-refractivity contribution in [2.75, 3.05) is 0 Å². The highest BCUT2D eigenvalue weighted by atomic mass is 32.2. The predicted octanol–water partition coefficient (Wildman–Crippen LogP) is 2.00. The van der Waals surface area contributed by atoms with Gasteiger partial charge in [0.1, 0.15) is 21.7 Å². The Morgan fingerprint density at radius 2 is 1.89 bits per heavy atom. The van der Waals surface area contributed by atoms with E-state index in [0.29, 0.717) is 24.4 Å². The minimum absolute atomic E-state index is 0.0121. The van der Waals surface area contributed by atoms with Gasteiger partial charge < -0.3 is 10.2 Å². The van der Waals surface area contributed by atoms with Crippen molar-refractivity contribution in [3.63, 3.8) is 0 Å². The highest BCUT2D eigenvalue weighted by Gasteiger charge is 2.24. The van der Waals surface area contributed by atoms with E-state index in [4.69, 9.17) is 5.11 Å². The maximum atomic E-state index is 11.2. The molecule has 1 atom stereocenters. The van der Waals surface area contributed by atoms with E-state index in [-0.39, 0.29) is 10.6 Å². The van der Waals surface area contributed by atoms with E-state index in [1.165, 1.54) is 0 Å². The number of rotatable bonds is 6. The van der Waals surface area contributed by atoms with Crippen molar-refractivity contribution in [1.82, 2.24) is 9.97 Å². The van der Waals surface area contributed by atoms with E-state index in [1.807, 2.05) is 6.92 Å². The molecule has 0 saturated carbocycles. The molecular weight excluding hydrogens is 268 g/mol. The number of hydrogen-bond acceptors (Lipinski definition) is 5. The van der Waals surface area contributed by atoms with Crippen molar-refractivity contribution in [1.29, 1.82) is 0 Å². The fourth-order valence-electron chi connectivity index (χ4n) is 1.54. The van der Waals surface area contributed by atoms with Crippen LogP contribution in [0.25, 0.3) is 0 Å². The third-order valence-electron chi connectivity index (χ3n) is 2.53. The number of aromatic carboxylic acids is 1. The number of aliphatic carboxylic acids is 1. The molecule has 7 heteroatoms. The number of carboxylic acid groups (broad SMARTS) is 2. The van der Waals surface area contributed by atoms with Gasteiger partial charge in [0.25, 0.3) is 0 Å². The molecule has 1 aromatic rings. The van der Waals surface area contributed by atoms with Crippen molar-refractivity contribution >= 4 is 23.7 Å². The molecule has 1 unspecified atom stereocenters. The molecule has 0 amide bonds. The quantitative estimate of drug-likeness (QED) is 0.608. The van der Waals surface area contributed by atoms with Crippen LogP contribution in [0.15, 0.2) is 5.03 Å². The fourth-order valence-corrected chi connectivity index (χ4v) is 2.58. The standard InChI is InChI=1S/C12H16N2O4S/c1-4-7(11(15)16)19-10-9(12(17)18)6(3)13-8(5-2)14-10/h7H,4-5H2,1-3H3,(H,15,16)(H,17,18). The molecule has 0 aliphatic rings. The lowest BCUT2D eigenvalue weighted by Gasteiger charge is -2.13. The zero-order valence-electron chi connectivity index (χ0n) is 11.0. The smallest absolute Gasteiger partial charge is 0.340 e. The summed E-state index contributed by atoms with van der Waals surface area (Å²) in [5, 5.41) is 17.8. The second-order valence-electron chi connectivity index (χ2n) is 3.92. The molecule has 104 valence electrons. The molecule has 0 spiro atoms. The van der Waals surface area contributed by atoms with Gasteiger partial charge in [-0.15, -0.1) is 0 Å². The number of thioether (sulfide) groups is 1. The molecule has 0 aliphatic heterocycles. The van der Waals surface area contributed by atoms with Crippen LogP contribution < -0.4 is 0 Å². The molecule has 1 aromatic heterocycles. The second kappa shape index (κ2) is 6.51. The van der Waals surface area contributed by atoms with Gasteiger partial charge in [-0.05, 0) is 13.3 Å². The molecular formula is C12H16N2O4S.